The second-order valence-electron chi connectivity index (χ2n) is 6.99. The Morgan fingerprint density at radius 3 is 2.05 bits per heavy atom. The summed E-state index contributed by atoms with van der Waals surface area (Å²) in [7, 11) is 4.12. The molecule has 1 amide bonds. The first-order chi connectivity index (χ1) is 9.66. The van der Waals surface area contributed by atoms with Crippen LogP contribution in [0.1, 0.15) is 64.2 Å². The quantitative estimate of drug-likeness (QED) is 0.771. The lowest BCUT2D eigenvalue weighted by Crippen LogP contribution is -2.43. The van der Waals surface area contributed by atoms with Crippen LogP contribution in [0.5, 0.6) is 0 Å². The van der Waals surface area contributed by atoms with Gasteiger partial charge in [0.2, 0.25) is 5.91 Å². The highest BCUT2D eigenvalue weighted by Gasteiger charge is 2.23. The van der Waals surface area contributed by atoms with E-state index in [0.717, 1.165) is 12.5 Å². The van der Waals surface area contributed by atoms with Crippen LogP contribution in [-0.4, -0.2) is 48.9 Å². The lowest BCUT2D eigenvalue weighted by Gasteiger charge is -2.33. The van der Waals surface area contributed by atoms with Gasteiger partial charge in [0.25, 0.3) is 0 Å². The average Bonchev–Trinajstić information content (AvgIpc) is 2.49. The van der Waals surface area contributed by atoms with Crippen LogP contribution in [0.2, 0.25) is 0 Å². The van der Waals surface area contributed by atoms with E-state index in [9.17, 15) is 4.79 Å². The zero-order valence-corrected chi connectivity index (χ0v) is 13.4. The summed E-state index contributed by atoms with van der Waals surface area (Å²) < 4.78 is 0. The van der Waals surface area contributed by atoms with Crippen molar-refractivity contribution in [3.8, 4) is 0 Å². The Morgan fingerprint density at radius 1 is 0.900 bits per heavy atom. The van der Waals surface area contributed by atoms with Crippen molar-refractivity contribution < 1.29 is 4.79 Å². The van der Waals surface area contributed by atoms with E-state index in [1.54, 1.807) is 0 Å². The maximum atomic E-state index is 12.4. The minimum Gasteiger partial charge on any atom is -0.344 e. The van der Waals surface area contributed by atoms with Crippen LogP contribution in [0.15, 0.2) is 0 Å². The molecule has 0 aromatic carbocycles. The number of carbonyl (C=O) groups excluding carboxylic acids is 1. The summed E-state index contributed by atoms with van der Waals surface area (Å²) in [6.07, 6.45) is 13.3. The van der Waals surface area contributed by atoms with E-state index in [1.165, 1.54) is 64.2 Å². The Bertz CT molecular complexity index is 293. The molecule has 2 saturated carbocycles. The third-order valence-corrected chi connectivity index (χ3v) is 5.27. The first-order valence-corrected chi connectivity index (χ1v) is 8.61. The number of hydrogen-bond acceptors (Lipinski definition) is 2. The Labute approximate surface area is 124 Å². The van der Waals surface area contributed by atoms with Gasteiger partial charge in [0.1, 0.15) is 0 Å². The van der Waals surface area contributed by atoms with E-state index in [1.807, 2.05) is 11.9 Å². The smallest absolute Gasteiger partial charge is 0.236 e. The van der Waals surface area contributed by atoms with Crippen molar-refractivity contribution in [3.05, 3.63) is 0 Å². The summed E-state index contributed by atoms with van der Waals surface area (Å²) >= 11 is 0. The van der Waals surface area contributed by atoms with Gasteiger partial charge in [0.05, 0.1) is 6.54 Å². The SMILES string of the molecule is CN(CC1CCCCC1)C(=O)CN(C)C1CCCCC1. The normalized spacial score (nSPS) is 22.1. The molecular weight excluding hydrogens is 248 g/mol. The van der Waals surface area contributed by atoms with Gasteiger partial charge in [-0.3, -0.25) is 9.69 Å². The molecule has 2 fully saturated rings. The van der Waals surface area contributed by atoms with E-state index in [0.29, 0.717) is 18.5 Å². The van der Waals surface area contributed by atoms with Crippen LogP contribution in [0, 0.1) is 5.92 Å². The molecule has 0 aromatic heterocycles. The molecular formula is C17H32N2O. The summed E-state index contributed by atoms with van der Waals surface area (Å²) in [6, 6.07) is 0.635. The van der Waals surface area contributed by atoms with Gasteiger partial charge in [-0.1, -0.05) is 38.5 Å². The predicted molar refractivity (Wildman–Crippen MR) is 83.7 cm³/mol. The molecule has 0 aliphatic heterocycles. The van der Waals surface area contributed by atoms with E-state index in [4.69, 9.17) is 0 Å². The van der Waals surface area contributed by atoms with Gasteiger partial charge in [-0.05, 0) is 38.6 Å². The Morgan fingerprint density at radius 2 is 1.45 bits per heavy atom. The molecule has 0 heterocycles. The largest absolute Gasteiger partial charge is 0.344 e. The summed E-state index contributed by atoms with van der Waals surface area (Å²) in [5, 5.41) is 0. The number of hydrogen-bond donors (Lipinski definition) is 0. The molecule has 116 valence electrons. The van der Waals surface area contributed by atoms with Crippen molar-refractivity contribution >= 4 is 5.91 Å². The predicted octanol–water partition coefficient (Wildman–Crippen LogP) is 3.29. The molecule has 2 rings (SSSR count). The molecule has 0 atom stereocenters. The van der Waals surface area contributed by atoms with E-state index in [2.05, 4.69) is 11.9 Å². The maximum Gasteiger partial charge on any atom is 0.236 e. The van der Waals surface area contributed by atoms with Gasteiger partial charge in [-0.25, -0.2) is 0 Å². The van der Waals surface area contributed by atoms with Crippen LogP contribution in [-0.2, 0) is 4.79 Å². The summed E-state index contributed by atoms with van der Waals surface area (Å²) in [6.45, 7) is 1.57. The first-order valence-electron chi connectivity index (χ1n) is 8.61. The molecule has 3 heteroatoms. The highest BCUT2D eigenvalue weighted by molar-refractivity contribution is 5.78. The fourth-order valence-corrected chi connectivity index (χ4v) is 3.84. The fraction of sp³-hybridized carbons (Fsp3) is 0.941. The molecule has 0 bridgehead atoms. The van der Waals surface area contributed by atoms with Crippen LogP contribution >= 0.6 is 0 Å². The van der Waals surface area contributed by atoms with Gasteiger partial charge in [0.15, 0.2) is 0 Å². The monoisotopic (exact) mass is 280 g/mol. The standard InChI is InChI=1S/C17H32N2O/c1-18(16-11-7-4-8-12-16)14-17(20)19(2)13-15-9-5-3-6-10-15/h15-16H,3-14H2,1-2H3. The lowest BCUT2D eigenvalue weighted by molar-refractivity contribution is -0.132. The van der Waals surface area contributed by atoms with Crippen LogP contribution in [0.3, 0.4) is 0 Å². The highest BCUT2D eigenvalue weighted by Crippen LogP contribution is 2.24. The van der Waals surface area contributed by atoms with Crippen LogP contribution < -0.4 is 0 Å². The van der Waals surface area contributed by atoms with Gasteiger partial charge < -0.3 is 4.90 Å². The van der Waals surface area contributed by atoms with Gasteiger partial charge in [-0.15, -0.1) is 0 Å². The minimum absolute atomic E-state index is 0.309. The summed E-state index contributed by atoms with van der Waals surface area (Å²) in [4.78, 5) is 16.6. The number of rotatable bonds is 5. The van der Waals surface area contributed by atoms with Crippen LogP contribution in [0.4, 0.5) is 0 Å². The number of nitrogens with zero attached hydrogens (tertiary/aromatic N) is 2. The Kier molecular flexibility index (Phi) is 6.34. The molecule has 0 unspecified atom stereocenters. The summed E-state index contributed by atoms with van der Waals surface area (Å²) in [5.74, 6) is 1.06. The summed E-state index contributed by atoms with van der Waals surface area (Å²) in [5.41, 5.74) is 0. The first kappa shape index (κ1) is 15.8. The van der Waals surface area contributed by atoms with Crippen molar-refractivity contribution in [1.82, 2.24) is 9.80 Å². The molecule has 20 heavy (non-hydrogen) atoms. The molecule has 0 aromatic rings. The molecule has 2 aliphatic rings. The molecule has 0 radical (unpaired) electrons. The van der Waals surface area contributed by atoms with Crippen molar-refractivity contribution in [2.75, 3.05) is 27.2 Å². The topological polar surface area (TPSA) is 23.6 Å². The minimum atomic E-state index is 0.309. The van der Waals surface area contributed by atoms with E-state index >= 15 is 0 Å². The van der Waals surface area contributed by atoms with Crippen molar-refractivity contribution in [2.45, 2.75) is 70.3 Å². The third-order valence-electron chi connectivity index (χ3n) is 5.27. The van der Waals surface area contributed by atoms with Gasteiger partial charge in [0, 0.05) is 19.6 Å². The Hall–Kier alpha value is -0.570. The molecule has 0 spiro atoms. The third kappa shape index (κ3) is 4.76. The maximum absolute atomic E-state index is 12.4. The molecule has 3 nitrogen and oxygen atoms in total. The molecule has 0 saturated heterocycles. The van der Waals surface area contributed by atoms with Gasteiger partial charge >= 0.3 is 0 Å². The van der Waals surface area contributed by atoms with Crippen LogP contribution in [0.25, 0.3) is 0 Å². The van der Waals surface area contributed by atoms with Crippen molar-refractivity contribution in [3.63, 3.8) is 0 Å². The zero-order chi connectivity index (χ0) is 14.4. The number of likely N-dealkylation sites (N-methyl/N-ethyl adjacent to an activating group) is 2. The Balaban J connectivity index is 1.71. The van der Waals surface area contributed by atoms with E-state index in [-0.39, 0.29) is 0 Å². The zero-order valence-electron chi connectivity index (χ0n) is 13.4. The second-order valence-corrected chi connectivity index (χ2v) is 6.99. The number of carbonyl (C=O) groups is 1. The average molecular weight is 280 g/mol. The molecule has 0 N–H and O–H groups in total. The van der Waals surface area contributed by atoms with Crippen molar-refractivity contribution in [2.24, 2.45) is 5.92 Å². The second kappa shape index (κ2) is 8.02. The highest BCUT2D eigenvalue weighted by atomic mass is 16.2. The number of amides is 1. The van der Waals surface area contributed by atoms with E-state index < -0.39 is 0 Å². The van der Waals surface area contributed by atoms with Crippen molar-refractivity contribution in [1.29, 1.82) is 0 Å². The molecule has 2 aliphatic carbocycles. The fourth-order valence-electron chi connectivity index (χ4n) is 3.84. The van der Waals surface area contributed by atoms with Gasteiger partial charge in [-0.2, -0.15) is 0 Å². The lowest BCUT2D eigenvalue weighted by atomic mass is 9.89.